The van der Waals surface area contributed by atoms with Gasteiger partial charge in [-0.05, 0) is 31.0 Å². The fraction of sp³-hybridized carbons (Fsp3) is 0.417. The van der Waals surface area contributed by atoms with E-state index in [1.807, 2.05) is 31.2 Å². The zero-order valence-electron chi connectivity index (χ0n) is 8.84. The standard InChI is InChI=1S/C12H17NO/c1-3-4-8-12(14)13-11-7-5-6-10(2)9-11/h5-7,9H,3-4,8H2,1-2H3,(H,13,14). The van der Waals surface area contributed by atoms with Crippen LogP contribution in [0.15, 0.2) is 24.3 Å². The van der Waals surface area contributed by atoms with Crippen LogP contribution in [0.4, 0.5) is 5.69 Å². The maximum Gasteiger partial charge on any atom is 0.224 e. The van der Waals surface area contributed by atoms with E-state index in [1.165, 1.54) is 5.56 Å². The van der Waals surface area contributed by atoms with Crippen molar-refractivity contribution in [3.63, 3.8) is 0 Å². The lowest BCUT2D eigenvalue weighted by Gasteiger charge is -2.04. The molecule has 0 unspecified atom stereocenters. The van der Waals surface area contributed by atoms with Crippen LogP contribution in [0.1, 0.15) is 31.7 Å². The molecule has 1 amide bonds. The summed E-state index contributed by atoms with van der Waals surface area (Å²) in [4.78, 5) is 11.4. The lowest BCUT2D eigenvalue weighted by Crippen LogP contribution is -2.10. The maximum atomic E-state index is 11.4. The van der Waals surface area contributed by atoms with Crippen LogP contribution < -0.4 is 5.32 Å². The third kappa shape index (κ3) is 3.60. The summed E-state index contributed by atoms with van der Waals surface area (Å²) in [5, 5.41) is 2.88. The van der Waals surface area contributed by atoms with E-state index in [1.54, 1.807) is 0 Å². The topological polar surface area (TPSA) is 29.1 Å². The summed E-state index contributed by atoms with van der Waals surface area (Å²) in [5.41, 5.74) is 2.06. The normalized spacial score (nSPS) is 9.86. The van der Waals surface area contributed by atoms with E-state index in [-0.39, 0.29) is 5.91 Å². The van der Waals surface area contributed by atoms with Crippen LogP contribution in [0.2, 0.25) is 0 Å². The summed E-state index contributed by atoms with van der Waals surface area (Å²) < 4.78 is 0. The Morgan fingerprint density at radius 2 is 2.21 bits per heavy atom. The predicted molar refractivity (Wildman–Crippen MR) is 59.3 cm³/mol. The number of hydrogen-bond donors (Lipinski definition) is 1. The van der Waals surface area contributed by atoms with Gasteiger partial charge in [-0.2, -0.15) is 0 Å². The summed E-state index contributed by atoms with van der Waals surface area (Å²) >= 11 is 0. The van der Waals surface area contributed by atoms with E-state index >= 15 is 0 Å². The number of anilines is 1. The lowest BCUT2D eigenvalue weighted by molar-refractivity contribution is -0.116. The van der Waals surface area contributed by atoms with Crippen molar-refractivity contribution >= 4 is 11.6 Å². The minimum absolute atomic E-state index is 0.109. The number of hydrogen-bond acceptors (Lipinski definition) is 1. The third-order valence-electron chi connectivity index (χ3n) is 2.06. The van der Waals surface area contributed by atoms with Crippen LogP contribution in [-0.2, 0) is 4.79 Å². The summed E-state index contributed by atoms with van der Waals surface area (Å²) in [6.45, 7) is 4.10. The first-order valence-electron chi connectivity index (χ1n) is 5.09. The molecule has 2 heteroatoms. The molecule has 1 aromatic carbocycles. The lowest BCUT2D eigenvalue weighted by atomic mass is 10.2. The van der Waals surface area contributed by atoms with E-state index in [2.05, 4.69) is 12.2 Å². The highest BCUT2D eigenvalue weighted by Crippen LogP contribution is 2.10. The van der Waals surface area contributed by atoms with Gasteiger partial charge in [-0.15, -0.1) is 0 Å². The molecule has 1 aromatic rings. The average molecular weight is 191 g/mol. The van der Waals surface area contributed by atoms with E-state index in [4.69, 9.17) is 0 Å². The Hall–Kier alpha value is -1.31. The Labute approximate surface area is 85.3 Å². The van der Waals surface area contributed by atoms with Gasteiger partial charge in [0, 0.05) is 12.1 Å². The molecule has 1 rings (SSSR count). The van der Waals surface area contributed by atoms with Crippen LogP contribution in [0.25, 0.3) is 0 Å². The Balaban J connectivity index is 2.47. The van der Waals surface area contributed by atoms with Gasteiger partial charge in [0.2, 0.25) is 5.91 Å². The number of rotatable bonds is 4. The van der Waals surface area contributed by atoms with Gasteiger partial charge in [0.25, 0.3) is 0 Å². The highest BCUT2D eigenvalue weighted by molar-refractivity contribution is 5.90. The number of carbonyl (C=O) groups is 1. The summed E-state index contributed by atoms with van der Waals surface area (Å²) in [6, 6.07) is 7.85. The van der Waals surface area contributed by atoms with Crippen molar-refractivity contribution in [1.29, 1.82) is 0 Å². The molecule has 0 heterocycles. The van der Waals surface area contributed by atoms with Crippen LogP contribution >= 0.6 is 0 Å². The van der Waals surface area contributed by atoms with Crippen LogP contribution in [0.5, 0.6) is 0 Å². The summed E-state index contributed by atoms with van der Waals surface area (Å²) in [6.07, 6.45) is 2.63. The van der Waals surface area contributed by atoms with Crippen molar-refractivity contribution in [1.82, 2.24) is 0 Å². The Morgan fingerprint density at radius 3 is 2.86 bits per heavy atom. The molecule has 0 saturated carbocycles. The Morgan fingerprint density at radius 1 is 1.43 bits per heavy atom. The predicted octanol–water partition coefficient (Wildman–Crippen LogP) is 3.12. The molecule has 0 fully saturated rings. The highest BCUT2D eigenvalue weighted by Gasteiger charge is 2.00. The second-order valence-corrected chi connectivity index (χ2v) is 3.52. The largest absolute Gasteiger partial charge is 0.326 e. The van der Waals surface area contributed by atoms with Gasteiger partial charge in [0.1, 0.15) is 0 Å². The molecule has 0 spiro atoms. The van der Waals surface area contributed by atoms with Gasteiger partial charge >= 0.3 is 0 Å². The highest BCUT2D eigenvalue weighted by atomic mass is 16.1. The number of nitrogens with one attached hydrogen (secondary N) is 1. The number of amides is 1. The van der Waals surface area contributed by atoms with Gasteiger partial charge in [-0.1, -0.05) is 25.5 Å². The molecule has 2 nitrogen and oxygen atoms in total. The smallest absolute Gasteiger partial charge is 0.224 e. The second-order valence-electron chi connectivity index (χ2n) is 3.52. The van der Waals surface area contributed by atoms with Gasteiger partial charge in [-0.25, -0.2) is 0 Å². The molecule has 1 N–H and O–H groups in total. The monoisotopic (exact) mass is 191 g/mol. The molecule has 0 aliphatic rings. The van der Waals surface area contributed by atoms with E-state index in [9.17, 15) is 4.79 Å². The first kappa shape index (κ1) is 10.8. The zero-order chi connectivity index (χ0) is 10.4. The molecule has 14 heavy (non-hydrogen) atoms. The minimum Gasteiger partial charge on any atom is -0.326 e. The molecule has 0 aliphatic carbocycles. The van der Waals surface area contributed by atoms with Gasteiger partial charge in [-0.3, -0.25) is 4.79 Å². The fourth-order valence-electron chi connectivity index (χ4n) is 1.28. The molecule has 0 aromatic heterocycles. The van der Waals surface area contributed by atoms with Crippen molar-refractivity contribution in [2.24, 2.45) is 0 Å². The third-order valence-corrected chi connectivity index (χ3v) is 2.06. The second kappa shape index (κ2) is 5.43. The summed E-state index contributed by atoms with van der Waals surface area (Å²) in [5.74, 6) is 0.109. The number of carbonyl (C=O) groups excluding carboxylic acids is 1. The average Bonchev–Trinajstić information content (AvgIpc) is 2.15. The van der Waals surface area contributed by atoms with Crippen LogP contribution in [-0.4, -0.2) is 5.91 Å². The van der Waals surface area contributed by atoms with Crippen molar-refractivity contribution in [2.75, 3.05) is 5.32 Å². The first-order valence-corrected chi connectivity index (χ1v) is 5.09. The van der Waals surface area contributed by atoms with Crippen molar-refractivity contribution < 1.29 is 4.79 Å². The van der Waals surface area contributed by atoms with Crippen LogP contribution in [0, 0.1) is 6.92 Å². The minimum atomic E-state index is 0.109. The number of aryl methyl sites for hydroxylation is 1. The molecule has 0 saturated heterocycles. The molecule has 76 valence electrons. The molecule has 0 atom stereocenters. The SMILES string of the molecule is CCCCC(=O)Nc1cccc(C)c1. The molecular weight excluding hydrogens is 174 g/mol. The van der Waals surface area contributed by atoms with E-state index in [0.29, 0.717) is 6.42 Å². The molecular formula is C12H17NO. The van der Waals surface area contributed by atoms with E-state index < -0.39 is 0 Å². The van der Waals surface area contributed by atoms with Gasteiger partial charge < -0.3 is 5.32 Å². The quantitative estimate of drug-likeness (QED) is 0.778. The van der Waals surface area contributed by atoms with Crippen LogP contribution in [0.3, 0.4) is 0 Å². The Bertz CT molecular complexity index is 307. The first-order chi connectivity index (χ1) is 6.72. The molecule has 0 aliphatic heterocycles. The summed E-state index contributed by atoms with van der Waals surface area (Å²) in [7, 11) is 0. The molecule has 0 radical (unpaired) electrons. The van der Waals surface area contributed by atoms with Crippen molar-refractivity contribution in [3.8, 4) is 0 Å². The van der Waals surface area contributed by atoms with E-state index in [0.717, 1.165) is 18.5 Å². The van der Waals surface area contributed by atoms with Crippen molar-refractivity contribution in [3.05, 3.63) is 29.8 Å². The zero-order valence-corrected chi connectivity index (χ0v) is 8.84. The number of unbranched alkanes of at least 4 members (excludes halogenated alkanes) is 1. The number of benzene rings is 1. The van der Waals surface area contributed by atoms with Crippen molar-refractivity contribution in [2.45, 2.75) is 33.1 Å². The maximum absolute atomic E-state index is 11.4. The molecule has 0 bridgehead atoms. The Kier molecular flexibility index (Phi) is 4.17. The van der Waals surface area contributed by atoms with Gasteiger partial charge in [0.15, 0.2) is 0 Å². The van der Waals surface area contributed by atoms with Gasteiger partial charge in [0.05, 0.1) is 0 Å². The fourth-order valence-corrected chi connectivity index (χ4v) is 1.28.